The average Bonchev–Trinajstić information content (AvgIpc) is 2.94. The maximum absolute atomic E-state index is 12.0. The Morgan fingerprint density at radius 1 is 1.38 bits per heavy atom. The van der Waals surface area contributed by atoms with Crippen LogP contribution in [0, 0.1) is 0 Å². The molecule has 0 bridgehead atoms. The smallest absolute Gasteiger partial charge is 0.410 e. The van der Waals surface area contributed by atoms with Crippen LogP contribution in [0.15, 0.2) is 12.7 Å². The Hall–Kier alpha value is -3.04. The van der Waals surface area contributed by atoms with Gasteiger partial charge in [0.05, 0.1) is 18.8 Å². The number of ether oxygens (including phenoxy) is 2. The van der Waals surface area contributed by atoms with Gasteiger partial charge in [-0.3, -0.25) is 4.68 Å². The molecule has 0 saturated heterocycles. The molecule has 0 aliphatic carbocycles. The van der Waals surface area contributed by atoms with Gasteiger partial charge in [-0.2, -0.15) is 5.10 Å². The van der Waals surface area contributed by atoms with E-state index in [0.717, 1.165) is 0 Å². The van der Waals surface area contributed by atoms with Crippen molar-refractivity contribution in [2.75, 3.05) is 13.2 Å². The monoisotopic (exact) mass is 408 g/mol. The zero-order valence-electron chi connectivity index (χ0n) is 17.2. The number of amides is 2. The highest BCUT2D eigenvalue weighted by molar-refractivity contribution is 5.88. The van der Waals surface area contributed by atoms with Crippen molar-refractivity contribution in [1.29, 1.82) is 0 Å². The first kappa shape index (κ1) is 22.3. The van der Waals surface area contributed by atoms with Crippen molar-refractivity contribution >= 4 is 18.2 Å². The Labute approximate surface area is 169 Å². The fraction of sp³-hybridized carbons (Fsp3) is 0.579. The molecule has 2 N–H and O–H groups in total. The largest absolute Gasteiger partial charge is 0.477 e. The number of carboxylic acids is 1. The SMILES string of the molecule is C=CCOC(=O)N1CCc2c(nn(CC(C)NC(=O)OC(C)(C)C)c2C(=O)O)C1. The van der Waals surface area contributed by atoms with Gasteiger partial charge in [0.25, 0.3) is 0 Å². The van der Waals surface area contributed by atoms with Gasteiger partial charge in [-0.25, -0.2) is 14.4 Å². The molecule has 10 heteroatoms. The number of carbonyl (C=O) groups excluding carboxylic acids is 2. The molecular formula is C19H28N4O6. The number of nitrogens with zero attached hydrogens (tertiary/aromatic N) is 3. The van der Waals surface area contributed by atoms with Gasteiger partial charge in [0.1, 0.15) is 17.9 Å². The molecule has 1 aromatic heterocycles. The van der Waals surface area contributed by atoms with Gasteiger partial charge in [0.2, 0.25) is 0 Å². The van der Waals surface area contributed by atoms with Crippen molar-refractivity contribution in [3.8, 4) is 0 Å². The molecule has 0 radical (unpaired) electrons. The first-order valence-corrected chi connectivity index (χ1v) is 9.35. The third-order valence-electron chi connectivity index (χ3n) is 4.10. The third-order valence-corrected chi connectivity index (χ3v) is 4.10. The molecule has 2 amide bonds. The number of aromatic carboxylic acids is 1. The fourth-order valence-electron chi connectivity index (χ4n) is 3.01. The summed E-state index contributed by atoms with van der Waals surface area (Å²) in [4.78, 5) is 37.3. The number of carbonyl (C=O) groups is 3. The normalized spacial score (nSPS) is 14.6. The molecule has 160 valence electrons. The van der Waals surface area contributed by atoms with Crippen molar-refractivity contribution in [1.82, 2.24) is 20.0 Å². The summed E-state index contributed by atoms with van der Waals surface area (Å²) >= 11 is 0. The molecule has 2 heterocycles. The van der Waals surface area contributed by atoms with Crippen molar-refractivity contribution in [2.24, 2.45) is 0 Å². The van der Waals surface area contributed by atoms with E-state index in [9.17, 15) is 19.5 Å². The Balaban J connectivity index is 2.13. The summed E-state index contributed by atoms with van der Waals surface area (Å²) in [5.74, 6) is -1.11. The lowest BCUT2D eigenvalue weighted by atomic mass is 10.0. The number of carboxylic acid groups (broad SMARTS) is 1. The standard InChI is InChI=1S/C19H28N4O6/c1-6-9-28-18(27)22-8-7-13-14(11-22)21-23(15(13)16(24)25)10-12(2)20-17(26)29-19(3,4)5/h6,12H,1,7-11H2,2-5H3,(H,20,26)(H,24,25). The van der Waals surface area contributed by atoms with E-state index in [4.69, 9.17) is 9.47 Å². The molecule has 0 saturated carbocycles. The van der Waals surface area contributed by atoms with Crippen LogP contribution in [0.5, 0.6) is 0 Å². The van der Waals surface area contributed by atoms with Gasteiger partial charge in [0.15, 0.2) is 0 Å². The van der Waals surface area contributed by atoms with Crippen LogP contribution in [-0.4, -0.2) is 62.7 Å². The molecule has 0 fully saturated rings. The topological polar surface area (TPSA) is 123 Å². The van der Waals surface area contributed by atoms with E-state index in [0.29, 0.717) is 24.2 Å². The zero-order valence-corrected chi connectivity index (χ0v) is 17.2. The van der Waals surface area contributed by atoms with Crippen LogP contribution in [0.3, 0.4) is 0 Å². The minimum absolute atomic E-state index is 0.0666. The fourth-order valence-corrected chi connectivity index (χ4v) is 3.01. The third kappa shape index (κ3) is 5.97. The van der Waals surface area contributed by atoms with Crippen LogP contribution in [0.25, 0.3) is 0 Å². The first-order chi connectivity index (χ1) is 13.5. The van der Waals surface area contributed by atoms with Gasteiger partial charge in [-0.1, -0.05) is 12.7 Å². The summed E-state index contributed by atoms with van der Waals surface area (Å²) in [6, 6.07) is -0.419. The lowest BCUT2D eigenvalue weighted by Crippen LogP contribution is -2.40. The number of fused-ring (bicyclic) bond motifs is 1. The number of hydrogen-bond acceptors (Lipinski definition) is 6. The van der Waals surface area contributed by atoms with Crippen molar-refractivity contribution in [3.63, 3.8) is 0 Å². The summed E-state index contributed by atoms with van der Waals surface area (Å²) in [7, 11) is 0. The number of hydrogen-bond donors (Lipinski definition) is 2. The lowest BCUT2D eigenvalue weighted by molar-refractivity contribution is 0.0503. The Morgan fingerprint density at radius 3 is 2.66 bits per heavy atom. The van der Waals surface area contributed by atoms with E-state index in [-0.39, 0.29) is 25.4 Å². The minimum Gasteiger partial charge on any atom is -0.477 e. The Kier molecular flexibility index (Phi) is 6.89. The van der Waals surface area contributed by atoms with Gasteiger partial charge in [-0.15, -0.1) is 0 Å². The number of rotatable bonds is 6. The van der Waals surface area contributed by atoms with E-state index >= 15 is 0 Å². The highest BCUT2D eigenvalue weighted by Crippen LogP contribution is 2.23. The lowest BCUT2D eigenvalue weighted by Gasteiger charge is -2.25. The zero-order chi connectivity index (χ0) is 21.8. The first-order valence-electron chi connectivity index (χ1n) is 9.35. The molecule has 29 heavy (non-hydrogen) atoms. The molecule has 1 aliphatic heterocycles. The predicted octanol–water partition coefficient (Wildman–Crippen LogP) is 2.18. The Morgan fingerprint density at radius 2 is 2.07 bits per heavy atom. The van der Waals surface area contributed by atoms with Crippen LogP contribution in [0.2, 0.25) is 0 Å². The predicted molar refractivity (Wildman–Crippen MR) is 104 cm³/mol. The van der Waals surface area contributed by atoms with E-state index in [1.54, 1.807) is 27.7 Å². The van der Waals surface area contributed by atoms with Crippen molar-refractivity contribution in [2.45, 2.75) is 58.8 Å². The van der Waals surface area contributed by atoms with Gasteiger partial charge < -0.3 is 24.8 Å². The highest BCUT2D eigenvalue weighted by atomic mass is 16.6. The molecule has 2 rings (SSSR count). The second kappa shape index (κ2) is 8.97. The number of alkyl carbamates (subject to hydrolysis) is 1. The quantitative estimate of drug-likeness (QED) is 0.692. The number of nitrogens with one attached hydrogen (secondary N) is 1. The van der Waals surface area contributed by atoms with Gasteiger partial charge in [0, 0.05) is 18.2 Å². The molecule has 0 aromatic carbocycles. The summed E-state index contributed by atoms with van der Waals surface area (Å²) in [5.41, 5.74) is 0.533. The molecule has 10 nitrogen and oxygen atoms in total. The molecule has 1 aliphatic rings. The van der Waals surface area contributed by atoms with Crippen LogP contribution >= 0.6 is 0 Å². The summed E-state index contributed by atoms with van der Waals surface area (Å²) in [6.45, 7) is 11.2. The van der Waals surface area contributed by atoms with Crippen LogP contribution < -0.4 is 5.32 Å². The molecule has 0 spiro atoms. The molecule has 1 atom stereocenters. The summed E-state index contributed by atoms with van der Waals surface area (Å²) < 4.78 is 11.6. The molecule has 1 aromatic rings. The molecule has 1 unspecified atom stereocenters. The van der Waals surface area contributed by atoms with Crippen molar-refractivity contribution < 1.29 is 29.0 Å². The van der Waals surface area contributed by atoms with E-state index in [1.165, 1.54) is 15.7 Å². The Bertz CT molecular complexity index is 795. The summed E-state index contributed by atoms with van der Waals surface area (Å²) in [5, 5.41) is 16.7. The second-order valence-electron chi connectivity index (χ2n) is 7.85. The highest BCUT2D eigenvalue weighted by Gasteiger charge is 2.31. The average molecular weight is 408 g/mol. The number of aromatic nitrogens is 2. The van der Waals surface area contributed by atoms with E-state index in [1.807, 2.05) is 0 Å². The second-order valence-corrected chi connectivity index (χ2v) is 7.85. The van der Waals surface area contributed by atoms with Gasteiger partial charge >= 0.3 is 18.2 Å². The van der Waals surface area contributed by atoms with Crippen LogP contribution in [-0.2, 0) is 29.0 Å². The summed E-state index contributed by atoms with van der Waals surface area (Å²) in [6.07, 6.45) is 0.745. The maximum atomic E-state index is 12.0. The molecular weight excluding hydrogens is 380 g/mol. The van der Waals surface area contributed by atoms with E-state index in [2.05, 4.69) is 17.0 Å². The van der Waals surface area contributed by atoms with E-state index < -0.39 is 29.8 Å². The maximum Gasteiger partial charge on any atom is 0.410 e. The van der Waals surface area contributed by atoms with Gasteiger partial charge in [-0.05, 0) is 34.1 Å². The minimum atomic E-state index is -1.11. The van der Waals surface area contributed by atoms with Crippen LogP contribution in [0.1, 0.15) is 49.4 Å². The van der Waals surface area contributed by atoms with Crippen molar-refractivity contribution in [3.05, 3.63) is 29.6 Å². The van der Waals surface area contributed by atoms with Crippen LogP contribution in [0.4, 0.5) is 9.59 Å².